The smallest absolute Gasteiger partial charge is 0.0891 e. The molecule has 0 spiro atoms. The van der Waals surface area contributed by atoms with Crippen molar-refractivity contribution in [1.82, 2.24) is 0 Å². The molecule has 0 unspecified atom stereocenters. The first kappa shape index (κ1) is 10.5. The summed E-state index contributed by atoms with van der Waals surface area (Å²) in [5.41, 5.74) is 0.512. The van der Waals surface area contributed by atoms with E-state index in [1.54, 1.807) is 12.1 Å². The highest BCUT2D eigenvalue weighted by atomic mass is 35.5. The number of rotatable bonds is 1. The van der Waals surface area contributed by atoms with Crippen molar-refractivity contribution < 1.29 is 0 Å². The molecule has 1 aromatic carbocycles. The van der Waals surface area contributed by atoms with Gasteiger partial charge < -0.3 is 0 Å². The van der Waals surface area contributed by atoms with Crippen LogP contribution in [-0.4, -0.2) is 0 Å². The molecular formula is C12H9Cl2N. The van der Waals surface area contributed by atoms with Gasteiger partial charge in [-0.1, -0.05) is 41.4 Å². The number of hydrogen-bond donors (Lipinski definition) is 0. The molecule has 0 saturated carbocycles. The predicted octanol–water partition coefficient (Wildman–Crippen LogP) is 4.10. The van der Waals surface area contributed by atoms with Crippen molar-refractivity contribution in [2.75, 3.05) is 0 Å². The van der Waals surface area contributed by atoms with E-state index in [-0.39, 0.29) is 0 Å². The summed E-state index contributed by atoms with van der Waals surface area (Å²) in [6.07, 6.45) is 5.57. The minimum absolute atomic E-state index is 0.436. The Morgan fingerprint density at radius 2 is 1.80 bits per heavy atom. The van der Waals surface area contributed by atoms with Crippen molar-refractivity contribution in [3.63, 3.8) is 0 Å². The van der Waals surface area contributed by atoms with Gasteiger partial charge in [0.05, 0.1) is 21.5 Å². The van der Waals surface area contributed by atoms with E-state index in [4.69, 9.17) is 23.2 Å². The molecule has 0 atom stereocenters. The number of allylic oxidation sites excluding steroid dienone is 2. The Morgan fingerprint density at radius 1 is 1.13 bits per heavy atom. The van der Waals surface area contributed by atoms with Crippen molar-refractivity contribution in [2.45, 2.75) is 18.3 Å². The van der Waals surface area contributed by atoms with Gasteiger partial charge in [0.2, 0.25) is 0 Å². The number of nitriles is 1. The van der Waals surface area contributed by atoms with Crippen LogP contribution in [0.25, 0.3) is 0 Å². The minimum atomic E-state index is -0.436. The summed E-state index contributed by atoms with van der Waals surface area (Å²) in [5, 5.41) is 10.3. The SMILES string of the molecule is N#CC1(c2ccc(Cl)c(Cl)c2)CC=CC1. The highest BCUT2D eigenvalue weighted by Crippen LogP contribution is 2.38. The molecule has 0 fully saturated rings. The predicted molar refractivity (Wildman–Crippen MR) is 62.1 cm³/mol. The summed E-state index contributed by atoms with van der Waals surface area (Å²) < 4.78 is 0. The Kier molecular flexibility index (Phi) is 2.73. The van der Waals surface area contributed by atoms with Gasteiger partial charge in [0.15, 0.2) is 0 Å². The first-order chi connectivity index (χ1) is 7.18. The van der Waals surface area contributed by atoms with Gasteiger partial charge in [-0.2, -0.15) is 5.26 Å². The van der Waals surface area contributed by atoms with Crippen LogP contribution in [0.5, 0.6) is 0 Å². The van der Waals surface area contributed by atoms with Crippen molar-refractivity contribution in [2.24, 2.45) is 0 Å². The Hall–Kier alpha value is -0.970. The van der Waals surface area contributed by atoms with Gasteiger partial charge in [-0.05, 0) is 30.5 Å². The highest BCUT2D eigenvalue weighted by molar-refractivity contribution is 6.42. The molecule has 0 aromatic heterocycles. The van der Waals surface area contributed by atoms with Gasteiger partial charge in [-0.15, -0.1) is 0 Å². The zero-order valence-electron chi connectivity index (χ0n) is 8.00. The maximum absolute atomic E-state index is 9.26. The molecule has 3 heteroatoms. The maximum atomic E-state index is 9.26. The van der Waals surface area contributed by atoms with Crippen LogP contribution >= 0.6 is 23.2 Å². The summed E-state index contributed by atoms with van der Waals surface area (Å²) in [5.74, 6) is 0. The van der Waals surface area contributed by atoms with E-state index < -0.39 is 5.41 Å². The molecule has 0 radical (unpaired) electrons. The number of hydrogen-bond acceptors (Lipinski definition) is 1. The molecule has 1 nitrogen and oxygen atoms in total. The van der Waals surface area contributed by atoms with Crippen molar-refractivity contribution >= 4 is 23.2 Å². The third-order valence-corrected chi connectivity index (χ3v) is 3.52. The second-order valence-electron chi connectivity index (χ2n) is 3.70. The fourth-order valence-corrected chi connectivity index (χ4v) is 2.14. The second kappa shape index (κ2) is 3.89. The van der Waals surface area contributed by atoms with Crippen LogP contribution in [-0.2, 0) is 5.41 Å². The second-order valence-corrected chi connectivity index (χ2v) is 4.52. The van der Waals surface area contributed by atoms with E-state index in [9.17, 15) is 5.26 Å². The summed E-state index contributed by atoms with van der Waals surface area (Å²) >= 11 is 11.8. The normalized spacial score (nSPS) is 17.7. The highest BCUT2D eigenvalue weighted by Gasteiger charge is 2.33. The molecule has 1 aliphatic rings. The van der Waals surface area contributed by atoms with Crippen LogP contribution in [0.2, 0.25) is 10.0 Å². The van der Waals surface area contributed by atoms with Gasteiger partial charge in [0.1, 0.15) is 0 Å². The van der Waals surface area contributed by atoms with E-state index >= 15 is 0 Å². The topological polar surface area (TPSA) is 23.8 Å². The molecular weight excluding hydrogens is 229 g/mol. The summed E-state index contributed by atoms with van der Waals surface area (Å²) in [6, 6.07) is 7.79. The van der Waals surface area contributed by atoms with E-state index in [0.29, 0.717) is 10.0 Å². The Bertz CT molecular complexity index is 449. The van der Waals surface area contributed by atoms with Crippen LogP contribution in [0.15, 0.2) is 30.4 Å². The average Bonchev–Trinajstić information content (AvgIpc) is 2.72. The van der Waals surface area contributed by atoms with E-state index in [0.717, 1.165) is 18.4 Å². The molecule has 0 heterocycles. The molecule has 1 aliphatic carbocycles. The van der Waals surface area contributed by atoms with Crippen LogP contribution in [0.3, 0.4) is 0 Å². The molecule has 0 saturated heterocycles. The largest absolute Gasteiger partial charge is 0.197 e. The first-order valence-electron chi connectivity index (χ1n) is 4.70. The van der Waals surface area contributed by atoms with Gasteiger partial charge in [0, 0.05) is 0 Å². The lowest BCUT2D eigenvalue weighted by Gasteiger charge is -2.21. The van der Waals surface area contributed by atoms with Crippen LogP contribution in [0.1, 0.15) is 18.4 Å². The fraction of sp³-hybridized carbons (Fsp3) is 0.250. The summed E-state index contributed by atoms with van der Waals surface area (Å²) in [4.78, 5) is 0. The van der Waals surface area contributed by atoms with Crippen molar-refractivity contribution in [3.8, 4) is 6.07 Å². The lowest BCUT2D eigenvalue weighted by Crippen LogP contribution is -2.19. The number of halogens is 2. The zero-order valence-corrected chi connectivity index (χ0v) is 9.52. The number of nitrogens with zero attached hydrogens (tertiary/aromatic N) is 1. The fourth-order valence-electron chi connectivity index (χ4n) is 1.84. The quantitative estimate of drug-likeness (QED) is 0.675. The van der Waals surface area contributed by atoms with E-state index in [2.05, 4.69) is 6.07 Å². The molecule has 2 rings (SSSR count). The lowest BCUT2D eigenvalue weighted by molar-refractivity contribution is 0.596. The lowest BCUT2D eigenvalue weighted by atomic mass is 9.80. The maximum Gasteiger partial charge on any atom is 0.0891 e. The monoisotopic (exact) mass is 237 g/mol. The Labute approximate surface area is 98.9 Å². The Balaban J connectivity index is 2.45. The standard InChI is InChI=1S/C12H9Cl2N/c13-10-4-3-9(7-11(10)14)12(8-15)5-1-2-6-12/h1-4,7H,5-6H2. The van der Waals surface area contributed by atoms with Gasteiger partial charge in [-0.25, -0.2) is 0 Å². The summed E-state index contributed by atoms with van der Waals surface area (Å²) in [7, 11) is 0. The molecule has 0 amide bonds. The average molecular weight is 238 g/mol. The summed E-state index contributed by atoms with van der Waals surface area (Å²) in [6.45, 7) is 0. The van der Waals surface area contributed by atoms with Crippen LogP contribution < -0.4 is 0 Å². The molecule has 15 heavy (non-hydrogen) atoms. The third kappa shape index (κ3) is 1.76. The first-order valence-corrected chi connectivity index (χ1v) is 5.45. The van der Waals surface area contributed by atoms with Crippen molar-refractivity contribution in [1.29, 1.82) is 5.26 Å². The molecule has 0 N–H and O–H groups in total. The minimum Gasteiger partial charge on any atom is -0.197 e. The third-order valence-electron chi connectivity index (χ3n) is 2.79. The Morgan fingerprint density at radius 3 is 2.33 bits per heavy atom. The van der Waals surface area contributed by atoms with E-state index in [1.165, 1.54) is 0 Å². The van der Waals surface area contributed by atoms with E-state index in [1.807, 2.05) is 18.2 Å². The van der Waals surface area contributed by atoms with Crippen molar-refractivity contribution in [3.05, 3.63) is 46.0 Å². The molecule has 76 valence electrons. The molecule has 0 bridgehead atoms. The van der Waals surface area contributed by atoms with Gasteiger partial charge >= 0.3 is 0 Å². The number of benzene rings is 1. The van der Waals surface area contributed by atoms with Gasteiger partial charge in [-0.3, -0.25) is 0 Å². The molecule has 1 aromatic rings. The zero-order chi connectivity index (χ0) is 10.9. The van der Waals surface area contributed by atoms with Crippen LogP contribution in [0.4, 0.5) is 0 Å². The molecule has 0 aliphatic heterocycles. The van der Waals surface area contributed by atoms with Gasteiger partial charge in [0.25, 0.3) is 0 Å². The van der Waals surface area contributed by atoms with Crippen LogP contribution in [0, 0.1) is 11.3 Å².